The number of imidazole rings is 1. The zero-order chi connectivity index (χ0) is 13.4. The van der Waals surface area contributed by atoms with Gasteiger partial charge in [-0.3, -0.25) is 0 Å². The fraction of sp³-hybridized carbons (Fsp3) is 0.231. The van der Waals surface area contributed by atoms with Gasteiger partial charge in [0, 0.05) is 30.0 Å². The number of carboxylic acid groups (broad SMARTS) is 1. The first kappa shape index (κ1) is 12.2. The van der Waals surface area contributed by atoms with Crippen molar-refractivity contribution in [1.82, 2.24) is 9.55 Å². The van der Waals surface area contributed by atoms with Gasteiger partial charge in [-0.1, -0.05) is 15.9 Å². The summed E-state index contributed by atoms with van der Waals surface area (Å²) in [6.45, 7) is 2.24. The number of carbonyl (C=O) groups is 1. The first-order valence-electron chi connectivity index (χ1n) is 5.93. The summed E-state index contributed by atoms with van der Waals surface area (Å²) in [5.74, 6) is 0.0516. The fourth-order valence-corrected chi connectivity index (χ4v) is 2.70. The van der Waals surface area contributed by atoms with E-state index in [9.17, 15) is 9.90 Å². The molecule has 0 unspecified atom stereocenters. The molecule has 0 aliphatic carbocycles. The highest BCUT2D eigenvalue weighted by Crippen LogP contribution is 2.27. The standard InChI is InChI=1S/C13H12BrN3O2/c14-9-1-2-11(10(7-9)13(18)19)17-6-5-16-4-3-15-12(16)8-17/h1-4,7H,5-6,8H2,(H,18,19). The van der Waals surface area contributed by atoms with Gasteiger partial charge in [0.1, 0.15) is 5.82 Å². The summed E-state index contributed by atoms with van der Waals surface area (Å²) in [7, 11) is 0. The molecule has 2 heterocycles. The summed E-state index contributed by atoms with van der Waals surface area (Å²) in [5.41, 5.74) is 1.05. The molecule has 0 atom stereocenters. The summed E-state index contributed by atoms with van der Waals surface area (Å²) < 4.78 is 2.86. The lowest BCUT2D eigenvalue weighted by molar-refractivity contribution is 0.0697. The molecule has 1 aliphatic heterocycles. The van der Waals surface area contributed by atoms with Gasteiger partial charge in [-0.05, 0) is 18.2 Å². The van der Waals surface area contributed by atoms with Gasteiger partial charge in [0.25, 0.3) is 0 Å². The van der Waals surface area contributed by atoms with Crippen LogP contribution in [0.25, 0.3) is 0 Å². The molecule has 6 heteroatoms. The number of halogens is 1. The first-order valence-corrected chi connectivity index (χ1v) is 6.72. The predicted octanol–water partition coefficient (Wildman–Crippen LogP) is 2.36. The minimum Gasteiger partial charge on any atom is -0.478 e. The van der Waals surface area contributed by atoms with E-state index in [1.54, 1.807) is 12.3 Å². The molecule has 1 aromatic carbocycles. The molecule has 0 amide bonds. The van der Waals surface area contributed by atoms with Gasteiger partial charge in [0.05, 0.1) is 17.8 Å². The number of hydrogen-bond donors (Lipinski definition) is 1. The molecule has 1 N–H and O–H groups in total. The molecule has 1 aromatic heterocycles. The second-order valence-corrected chi connectivity index (χ2v) is 5.34. The minimum atomic E-state index is -0.912. The van der Waals surface area contributed by atoms with Crippen LogP contribution in [0.15, 0.2) is 35.1 Å². The third-order valence-corrected chi connectivity index (χ3v) is 3.77. The number of hydrogen-bond acceptors (Lipinski definition) is 3. The Morgan fingerprint density at radius 1 is 1.37 bits per heavy atom. The molecule has 1 aliphatic rings. The lowest BCUT2D eigenvalue weighted by Gasteiger charge is -2.30. The van der Waals surface area contributed by atoms with E-state index < -0.39 is 5.97 Å². The van der Waals surface area contributed by atoms with E-state index in [4.69, 9.17) is 0 Å². The maximum Gasteiger partial charge on any atom is 0.337 e. The van der Waals surface area contributed by atoms with Crippen LogP contribution in [0.2, 0.25) is 0 Å². The predicted molar refractivity (Wildman–Crippen MR) is 74.4 cm³/mol. The topological polar surface area (TPSA) is 58.4 Å². The lowest BCUT2D eigenvalue weighted by Crippen LogP contribution is -2.34. The van der Waals surface area contributed by atoms with Gasteiger partial charge in [-0.25, -0.2) is 9.78 Å². The molecule has 5 nitrogen and oxygen atoms in total. The Balaban J connectivity index is 1.98. The highest BCUT2D eigenvalue weighted by atomic mass is 79.9. The second kappa shape index (κ2) is 4.70. The Morgan fingerprint density at radius 2 is 2.21 bits per heavy atom. The van der Waals surface area contributed by atoms with Crippen molar-refractivity contribution in [3.8, 4) is 0 Å². The van der Waals surface area contributed by atoms with E-state index in [0.717, 1.165) is 29.1 Å². The molecule has 0 fully saturated rings. The number of nitrogens with zero attached hydrogens (tertiary/aromatic N) is 3. The number of carboxylic acids is 1. The molecule has 3 rings (SSSR count). The molecule has 0 bridgehead atoms. The van der Waals surface area contributed by atoms with Crippen molar-refractivity contribution in [3.63, 3.8) is 0 Å². The molecule has 98 valence electrons. The maximum absolute atomic E-state index is 11.3. The van der Waals surface area contributed by atoms with E-state index in [-0.39, 0.29) is 0 Å². The number of aromatic carboxylic acids is 1. The molecular weight excluding hydrogens is 310 g/mol. The zero-order valence-corrected chi connectivity index (χ0v) is 11.7. The van der Waals surface area contributed by atoms with E-state index in [1.165, 1.54) is 0 Å². The van der Waals surface area contributed by atoms with Crippen LogP contribution in [0, 0.1) is 0 Å². The number of anilines is 1. The Bertz CT molecular complexity index is 639. The summed E-state index contributed by atoms with van der Waals surface area (Å²) in [5, 5.41) is 9.31. The van der Waals surface area contributed by atoms with E-state index >= 15 is 0 Å². The van der Waals surface area contributed by atoms with Crippen LogP contribution < -0.4 is 4.90 Å². The maximum atomic E-state index is 11.3. The summed E-state index contributed by atoms with van der Waals surface area (Å²) in [6, 6.07) is 5.34. The Morgan fingerprint density at radius 3 is 3.00 bits per heavy atom. The number of rotatable bonds is 2. The largest absolute Gasteiger partial charge is 0.478 e. The highest BCUT2D eigenvalue weighted by Gasteiger charge is 2.21. The molecular formula is C13H12BrN3O2. The Hall–Kier alpha value is -1.82. The van der Waals surface area contributed by atoms with Gasteiger partial charge < -0.3 is 14.6 Å². The van der Waals surface area contributed by atoms with Crippen LogP contribution in [0.1, 0.15) is 16.2 Å². The van der Waals surface area contributed by atoms with Gasteiger partial charge in [0.2, 0.25) is 0 Å². The van der Waals surface area contributed by atoms with Gasteiger partial charge in [-0.15, -0.1) is 0 Å². The number of aromatic nitrogens is 2. The van der Waals surface area contributed by atoms with Crippen molar-refractivity contribution >= 4 is 27.6 Å². The summed E-state index contributed by atoms with van der Waals surface area (Å²) in [4.78, 5) is 17.7. The Labute approximate surface area is 118 Å². The highest BCUT2D eigenvalue weighted by molar-refractivity contribution is 9.10. The van der Waals surface area contributed by atoms with Crippen LogP contribution in [0.4, 0.5) is 5.69 Å². The van der Waals surface area contributed by atoms with Gasteiger partial charge in [0.15, 0.2) is 0 Å². The van der Waals surface area contributed by atoms with E-state index in [2.05, 4.69) is 30.4 Å². The van der Waals surface area contributed by atoms with Crippen molar-refractivity contribution in [2.75, 3.05) is 11.4 Å². The normalized spacial score (nSPS) is 14.3. The number of fused-ring (bicyclic) bond motifs is 1. The van der Waals surface area contributed by atoms with E-state index in [0.29, 0.717) is 12.1 Å². The van der Waals surface area contributed by atoms with Gasteiger partial charge >= 0.3 is 5.97 Å². The molecule has 19 heavy (non-hydrogen) atoms. The minimum absolute atomic E-state index is 0.314. The number of benzene rings is 1. The van der Waals surface area contributed by atoms with Crippen molar-refractivity contribution in [1.29, 1.82) is 0 Å². The van der Waals surface area contributed by atoms with Crippen molar-refractivity contribution < 1.29 is 9.90 Å². The van der Waals surface area contributed by atoms with E-state index in [1.807, 2.05) is 18.3 Å². The average molecular weight is 322 g/mol. The third kappa shape index (κ3) is 2.23. The van der Waals surface area contributed by atoms with Crippen molar-refractivity contribution in [2.45, 2.75) is 13.1 Å². The molecule has 0 radical (unpaired) electrons. The molecule has 0 saturated heterocycles. The third-order valence-electron chi connectivity index (χ3n) is 3.27. The average Bonchev–Trinajstić information content (AvgIpc) is 2.85. The smallest absolute Gasteiger partial charge is 0.337 e. The van der Waals surface area contributed by atoms with Crippen LogP contribution in [0.3, 0.4) is 0 Å². The molecule has 0 saturated carbocycles. The lowest BCUT2D eigenvalue weighted by atomic mass is 10.1. The van der Waals surface area contributed by atoms with Crippen LogP contribution >= 0.6 is 15.9 Å². The van der Waals surface area contributed by atoms with Crippen LogP contribution in [-0.2, 0) is 13.1 Å². The summed E-state index contributed by atoms with van der Waals surface area (Å²) in [6.07, 6.45) is 3.73. The van der Waals surface area contributed by atoms with Crippen molar-refractivity contribution in [2.24, 2.45) is 0 Å². The fourth-order valence-electron chi connectivity index (χ4n) is 2.33. The first-order chi connectivity index (χ1) is 9.15. The molecule has 2 aromatic rings. The second-order valence-electron chi connectivity index (χ2n) is 4.43. The van der Waals surface area contributed by atoms with Crippen LogP contribution in [-0.4, -0.2) is 27.2 Å². The van der Waals surface area contributed by atoms with Crippen LogP contribution in [0.5, 0.6) is 0 Å². The summed E-state index contributed by atoms with van der Waals surface area (Å²) >= 11 is 3.31. The van der Waals surface area contributed by atoms with Gasteiger partial charge in [-0.2, -0.15) is 0 Å². The van der Waals surface area contributed by atoms with Crippen molar-refractivity contribution in [3.05, 3.63) is 46.5 Å². The monoisotopic (exact) mass is 321 g/mol. The SMILES string of the molecule is O=C(O)c1cc(Br)ccc1N1CCn2ccnc2C1. The molecule has 0 spiro atoms. The quantitative estimate of drug-likeness (QED) is 0.922. The zero-order valence-electron chi connectivity index (χ0n) is 10.1. The Kier molecular flexibility index (Phi) is 3.02.